The van der Waals surface area contributed by atoms with Gasteiger partial charge in [-0.05, 0) is 30.5 Å². The molecular weight excluding hydrogens is 386 g/mol. The molecule has 8 nitrogen and oxygen atoms in total. The lowest BCUT2D eigenvalue weighted by Gasteiger charge is -2.32. The van der Waals surface area contributed by atoms with E-state index >= 15 is 0 Å². The Balaban J connectivity index is 1.41. The van der Waals surface area contributed by atoms with E-state index in [0.717, 1.165) is 24.2 Å². The lowest BCUT2D eigenvalue weighted by molar-refractivity contribution is -0.142. The number of ether oxygens (including phenoxy) is 2. The molecule has 5 rings (SSSR count). The molecule has 158 valence electrons. The highest BCUT2D eigenvalue weighted by Gasteiger charge is 2.73. The monoisotopic (exact) mass is 411 g/mol. The van der Waals surface area contributed by atoms with Crippen molar-refractivity contribution in [3.8, 4) is 5.75 Å². The van der Waals surface area contributed by atoms with Crippen molar-refractivity contribution < 1.29 is 23.9 Å². The van der Waals surface area contributed by atoms with Crippen LogP contribution in [-0.4, -0.2) is 60.6 Å². The van der Waals surface area contributed by atoms with Crippen LogP contribution in [0.25, 0.3) is 0 Å². The summed E-state index contributed by atoms with van der Waals surface area (Å²) in [6.45, 7) is 0.332. The predicted octanol–water partition coefficient (Wildman–Crippen LogP) is 0.370. The van der Waals surface area contributed by atoms with Crippen molar-refractivity contribution in [1.29, 1.82) is 0 Å². The molecule has 2 saturated heterocycles. The molecule has 8 heteroatoms. The van der Waals surface area contributed by atoms with Gasteiger partial charge >= 0.3 is 0 Å². The third-order valence-corrected chi connectivity index (χ3v) is 6.68. The fraction of sp³-hybridized carbons (Fsp3) is 0.500. The second kappa shape index (κ2) is 6.84. The molecular formula is C22H25N3O5. The largest absolute Gasteiger partial charge is 0.497 e. The maximum absolute atomic E-state index is 13.4. The second-order valence-corrected chi connectivity index (χ2v) is 8.36. The predicted molar refractivity (Wildman–Crippen MR) is 106 cm³/mol. The molecule has 1 aromatic carbocycles. The molecule has 5 unspecified atom stereocenters. The Hall–Kier alpha value is -2.87. The van der Waals surface area contributed by atoms with Crippen LogP contribution in [0.4, 0.5) is 0 Å². The zero-order valence-corrected chi connectivity index (χ0v) is 17.0. The standard InChI is InChI=1S/C22H25N3O5/c1-23-19(26)16-15-9-10-22(30-15)17(16)21(28)25(13-5-6-13)18(22)20(27)24-11-12-3-7-14(29-2)8-4-12/h3-4,7-10,13,15-18H,5-6,11H2,1-2H3,(H,23,26)(H,24,27). The highest BCUT2D eigenvalue weighted by molar-refractivity contribution is 6.00. The van der Waals surface area contributed by atoms with Crippen molar-refractivity contribution in [2.75, 3.05) is 14.2 Å². The van der Waals surface area contributed by atoms with Crippen LogP contribution in [0.1, 0.15) is 18.4 Å². The van der Waals surface area contributed by atoms with Gasteiger partial charge in [-0.3, -0.25) is 14.4 Å². The number of benzene rings is 1. The SMILES string of the molecule is CNC(=O)C1C2C=CC3(O2)C1C(=O)N(C1CC1)C3C(=O)NCc1ccc(OC)cc1. The molecule has 3 aliphatic heterocycles. The summed E-state index contributed by atoms with van der Waals surface area (Å²) < 4.78 is 11.4. The molecule has 3 amide bonds. The smallest absolute Gasteiger partial charge is 0.246 e. The first kappa shape index (κ1) is 19.1. The summed E-state index contributed by atoms with van der Waals surface area (Å²) in [4.78, 5) is 40.9. The Labute approximate surface area is 174 Å². The van der Waals surface area contributed by atoms with Crippen LogP contribution in [0.2, 0.25) is 0 Å². The van der Waals surface area contributed by atoms with Gasteiger partial charge in [-0.2, -0.15) is 0 Å². The Bertz CT molecular complexity index is 925. The topological polar surface area (TPSA) is 97.0 Å². The van der Waals surface area contributed by atoms with Crippen molar-refractivity contribution in [2.45, 2.75) is 43.2 Å². The molecule has 1 aliphatic carbocycles. The summed E-state index contributed by atoms with van der Waals surface area (Å²) in [6, 6.07) is 6.72. The second-order valence-electron chi connectivity index (χ2n) is 8.36. The molecule has 1 saturated carbocycles. The molecule has 4 aliphatic rings. The summed E-state index contributed by atoms with van der Waals surface area (Å²) in [7, 11) is 3.16. The highest BCUT2D eigenvalue weighted by Crippen LogP contribution is 2.56. The maximum Gasteiger partial charge on any atom is 0.246 e. The van der Waals surface area contributed by atoms with Gasteiger partial charge < -0.3 is 25.0 Å². The van der Waals surface area contributed by atoms with E-state index in [4.69, 9.17) is 9.47 Å². The van der Waals surface area contributed by atoms with Gasteiger partial charge in [0.05, 0.1) is 25.0 Å². The van der Waals surface area contributed by atoms with Gasteiger partial charge in [0, 0.05) is 19.6 Å². The van der Waals surface area contributed by atoms with Crippen LogP contribution >= 0.6 is 0 Å². The molecule has 2 bridgehead atoms. The molecule has 1 spiro atoms. The summed E-state index contributed by atoms with van der Waals surface area (Å²) in [6.07, 6.45) is 4.92. The summed E-state index contributed by atoms with van der Waals surface area (Å²) in [5, 5.41) is 5.62. The number of carbonyl (C=O) groups is 3. The van der Waals surface area contributed by atoms with Crippen molar-refractivity contribution in [2.24, 2.45) is 11.8 Å². The van der Waals surface area contributed by atoms with Crippen molar-refractivity contribution >= 4 is 17.7 Å². The fourth-order valence-corrected chi connectivity index (χ4v) is 5.15. The van der Waals surface area contributed by atoms with Crippen molar-refractivity contribution in [1.82, 2.24) is 15.5 Å². The zero-order chi connectivity index (χ0) is 21.0. The number of nitrogens with zero attached hydrogens (tertiary/aromatic N) is 1. The van der Waals surface area contributed by atoms with Gasteiger partial charge in [-0.15, -0.1) is 0 Å². The van der Waals surface area contributed by atoms with Crippen LogP contribution < -0.4 is 15.4 Å². The van der Waals surface area contributed by atoms with Gasteiger partial charge in [0.2, 0.25) is 17.7 Å². The van der Waals surface area contributed by atoms with E-state index in [-0.39, 0.29) is 23.8 Å². The average molecular weight is 411 g/mol. The number of likely N-dealkylation sites (tertiary alicyclic amines) is 1. The zero-order valence-electron chi connectivity index (χ0n) is 17.0. The maximum atomic E-state index is 13.4. The number of hydrogen-bond donors (Lipinski definition) is 2. The Morgan fingerprint density at radius 1 is 1.23 bits per heavy atom. The molecule has 3 heterocycles. The van der Waals surface area contributed by atoms with E-state index in [1.807, 2.05) is 36.4 Å². The van der Waals surface area contributed by atoms with E-state index in [1.54, 1.807) is 19.1 Å². The van der Waals surface area contributed by atoms with E-state index in [0.29, 0.717) is 6.54 Å². The molecule has 3 fully saturated rings. The van der Waals surface area contributed by atoms with Crippen LogP contribution in [0.15, 0.2) is 36.4 Å². The number of nitrogens with one attached hydrogen (secondary N) is 2. The van der Waals surface area contributed by atoms with E-state index in [1.165, 1.54) is 0 Å². The molecule has 0 aromatic heterocycles. The number of hydrogen-bond acceptors (Lipinski definition) is 5. The number of amides is 3. The Kier molecular flexibility index (Phi) is 4.36. The molecule has 2 N–H and O–H groups in total. The summed E-state index contributed by atoms with van der Waals surface area (Å²) in [5.41, 5.74) is -0.151. The van der Waals surface area contributed by atoms with Crippen LogP contribution in [0, 0.1) is 11.8 Å². The lowest BCUT2D eigenvalue weighted by Crippen LogP contribution is -2.55. The van der Waals surface area contributed by atoms with Gasteiger partial charge in [-0.25, -0.2) is 0 Å². The number of fused-ring (bicyclic) bond motifs is 1. The average Bonchev–Trinajstić information content (AvgIpc) is 3.36. The van der Waals surface area contributed by atoms with Gasteiger partial charge in [0.1, 0.15) is 17.4 Å². The van der Waals surface area contributed by atoms with Crippen LogP contribution in [0.5, 0.6) is 5.75 Å². The lowest BCUT2D eigenvalue weighted by atomic mass is 9.74. The molecule has 30 heavy (non-hydrogen) atoms. The summed E-state index contributed by atoms with van der Waals surface area (Å²) in [5.74, 6) is -1.15. The summed E-state index contributed by atoms with van der Waals surface area (Å²) >= 11 is 0. The Morgan fingerprint density at radius 2 is 1.97 bits per heavy atom. The minimum Gasteiger partial charge on any atom is -0.497 e. The Morgan fingerprint density at radius 3 is 2.60 bits per heavy atom. The minimum absolute atomic E-state index is 0.0376. The fourth-order valence-electron chi connectivity index (χ4n) is 5.15. The van der Waals surface area contributed by atoms with E-state index in [2.05, 4.69) is 10.6 Å². The molecule has 5 atom stereocenters. The normalized spacial score (nSPS) is 33.5. The molecule has 0 radical (unpaired) electrons. The first-order chi connectivity index (χ1) is 14.5. The van der Waals surface area contributed by atoms with Crippen LogP contribution in [0.3, 0.4) is 0 Å². The quantitative estimate of drug-likeness (QED) is 0.660. The van der Waals surface area contributed by atoms with Crippen LogP contribution in [-0.2, 0) is 25.7 Å². The molecule has 1 aromatic rings. The van der Waals surface area contributed by atoms with Crippen molar-refractivity contribution in [3.63, 3.8) is 0 Å². The third kappa shape index (κ3) is 2.66. The minimum atomic E-state index is -1.08. The van der Waals surface area contributed by atoms with Gasteiger partial charge in [-0.1, -0.05) is 24.3 Å². The number of methoxy groups -OCH3 is 1. The first-order valence-electron chi connectivity index (χ1n) is 10.3. The van der Waals surface area contributed by atoms with Gasteiger partial charge in [0.25, 0.3) is 0 Å². The van der Waals surface area contributed by atoms with E-state index in [9.17, 15) is 14.4 Å². The first-order valence-corrected chi connectivity index (χ1v) is 10.3. The number of rotatable bonds is 6. The highest BCUT2D eigenvalue weighted by atomic mass is 16.5. The van der Waals surface area contributed by atoms with Gasteiger partial charge in [0.15, 0.2) is 0 Å². The van der Waals surface area contributed by atoms with E-state index < -0.39 is 29.6 Å². The third-order valence-electron chi connectivity index (χ3n) is 6.68. The number of carbonyl (C=O) groups excluding carboxylic acids is 3. The van der Waals surface area contributed by atoms with Crippen molar-refractivity contribution in [3.05, 3.63) is 42.0 Å².